The van der Waals surface area contributed by atoms with Crippen molar-refractivity contribution in [3.8, 4) is 6.07 Å². The number of pyridine rings is 1. The van der Waals surface area contributed by atoms with Crippen LogP contribution in [0.4, 0.5) is 4.39 Å². The van der Waals surface area contributed by atoms with Gasteiger partial charge in [0.2, 0.25) is 0 Å². The second-order valence-corrected chi connectivity index (χ2v) is 7.40. The summed E-state index contributed by atoms with van der Waals surface area (Å²) in [6.07, 6.45) is 3.68. The van der Waals surface area contributed by atoms with Gasteiger partial charge in [-0.05, 0) is 25.8 Å². The number of amides is 1. The fourth-order valence-corrected chi connectivity index (χ4v) is 4.06. The Kier molecular flexibility index (Phi) is 5.51. The smallest absolute Gasteiger partial charge is 0.256 e. The van der Waals surface area contributed by atoms with E-state index in [4.69, 9.17) is 11.1 Å². The van der Waals surface area contributed by atoms with Crippen LogP contribution in [0.15, 0.2) is 12.3 Å². The van der Waals surface area contributed by atoms with Crippen LogP contribution in [0.2, 0.25) is 0 Å². The van der Waals surface area contributed by atoms with Crippen LogP contribution >= 0.6 is 0 Å². The fourth-order valence-electron chi connectivity index (χ4n) is 4.06. The van der Waals surface area contributed by atoms with Crippen LogP contribution in [-0.4, -0.2) is 59.5 Å². The highest BCUT2D eigenvalue weighted by atomic mass is 19.1. The molecule has 2 saturated heterocycles. The molecule has 0 spiro atoms. The fraction of sp³-hybridized carbons (Fsp3) is 0.611. The van der Waals surface area contributed by atoms with Crippen molar-refractivity contribution >= 4 is 5.91 Å². The number of piperidine rings is 1. The predicted molar refractivity (Wildman–Crippen MR) is 94.3 cm³/mol. The van der Waals surface area contributed by atoms with E-state index in [0.717, 1.165) is 25.9 Å². The standard InChI is InChI=1S/C18H25FN6O/c1-13-16(19)15(2-7-22-13)17(26)24-8-3-14(4-9-24)25-11-18(12-25,5-6-20)10-23-21/h2,7,14,23H,3-5,8-12,21H2,1H3. The summed E-state index contributed by atoms with van der Waals surface area (Å²) in [6.45, 7) is 5.12. The first-order chi connectivity index (χ1) is 12.5. The third-order valence-electron chi connectivity index (χ3n) is 5.57. The molecule has 0 radical (unpaired) electrons. The number of hydrazine groups is 1. The topological polar surface area (TPSA) is 98.3 Å². The van der Waals surface area contributed by atoms with Crippen molar-refractivity contribution in [3.63, 3.8) is 0 Å². The summed E-state index contributed by atoms with van der Waals surface area (Å²) in [5, 5.41) is 9.02. The second kappa shape index (κ2) is 7.66. The van der Waals surface area contributed by atoms with Crippen LogP contribution in [0.1, 0.15) is 35.3 Å². The minimum absolute atomic E-state index is 0.0614. The summed E-state index contributed by atoms with van der Waals surface area (Å²) in [5.74, 6) is 4.66. The molecule has 1 amide bonds. The molecule has 26 heavy (non-hydrogen) atoms. The lowest BCUT2D eigenvalue weighted by molar-refractivity contribution is -0.0428. The zero-order valence-corrected chi connectivity index (χ0v) is 15.0. The van der Waals surface area contributed by atoms with Gasteiger partial charge in [0.1, 0.15) is 0 Å². The lowest BCUT2D eigenvalue weighted by Gasteiger charge is -2.54. The van der Waals surface area contributed by atoms with Gasteiger partial charge in [0.25, 0.3) is 5.91 Å². The van der Waals surface area contributed by atoms with Crippen LogP contribution in [0.25, 0.3) is 0 Å². The lowest BCUT2D eigenvalue weighted by atomic mass is 9.75. The summed E-state index contributed by atoms with van der Waals surface area (Å²) < 4.78 is 14.1. The molecule has 8 heteroatoms. The van der Waals surface area contributed by atoms with Crippen molar-refractivity contribution < 1.29 is 9.18 Å². The number of aryl methyl sites for hydroxylation is 1. The average molecular weight is 360 g/mol. The molecule has 3 heterocycles. The van der Waals surface area contributed by atoms with Gasteiger partial charge in [-0.2, -0.15) is 5.26 Å². The number of nitriles is 1. The molecule has 2 fully saturated rings. The number of nitrogens with two attached hydrogens (primary N) is 1. The first kappa shape index (κ1) is 18.7. The van der Waals surface area contributed by atoms with Crippen molar-refractivity contribution in [3.05, 3.63) is 29.3 Å². The van der Waals surface area contributed by atoms with Gasteiger partial charge in [-0.1, -0.05) is 0 Å². The molecule has 0 bridgehead atoms. The number of hydrogen-bond acceptors (Lipinski definition) is 6. The lowest BCUT2D eigenvalue weighted by Crippen LogP contribution is -2.64. The van der Waals surface area contributed by atoms with Crippen molar-refractivity contribution in [2.45, 2.75) is 32.2 Å². The Hall–Kier alpha value is -2.08. The number of rotatable bonds is 5. The number of likely N-dealkylation sites (tertiary alicyclic amines) is 2. The monoisotopic (exact) mass is 360 g/mol. The number of nitrogens with zero attached hydrogens (tertiary/aromatic N) is 4. The molecule has 0 saturated carbocycles. The van der Waals surface area contributed by atoms with Crippen LogP contribution < -0.4 is 11.3 Å². The number of hydrogen-bond donors (Lipinski definition) is 2. The minimum atomic E-state index is -0.530. The van der Waals surface area contributed by atoms with E-state index in [1.54, 1.807) is 11.8 Å². The summed E-state index contributed by atoms with van der Waals surface area (Å²) in [6, 6.07) is 4.10. The van der Waals surface area contributed by atoms with E-state index >= 15 is 0 Å². The molecular weight excluding hydrogens is 335 g/mol. The van der Waals surface area contributed by atoms with Gasteiger partial charge >= 0.3 is 0 Å². The van der Waals surface area contributed by atoms with Gasteiger partial charge in [0, 0.05) is 56.8 Å². The van der Waals surface area contributed by atoms with Crippen LogP contribution in [0.3, 0.4) is 0 Å². The largest absolute Gasteiger partial charge is 0.338 e. The van der Waals surface area contributed by atoms with Crippen LogP contribution in [0.5, 0.6) is 0 Å². The summed E-state index contributed by atoms with van der Waals surface area (Å²) in [7, 11) is 0. The Labute approximate surface area is 152 Å². The molecular formula is C18H25FN6O. The van der Waals surface area contributed by atoms with Crippen LogP contribution in [0, 0.1) is 29.5 Å². The maximum absolute atomic E-state index is 14.1. The zero-order chi connectivity index (χ0) is 18.7. The molecule has 1 aromatic rings. The van der Waals surface area contributed by atoms with Crippen molar-refractivity contribution in [2.24, 2.45) is 11.3 Å². The molecule has 2 aliphatic rings. The third kappa shape index (κ3) is 3.56. The van der Waals surface area contributed by atoms with Gasteiger partial charge in [-0.3, -0.25) is 25.9 Å². The molecule has 3 N–H and O–H groups in total. The Morgan fingerprint density at radius 2 is 2.19 bits per heavy atom. The quantitative estimate of drug-likeness (QED) is 0.596. The Balaban J connectivity index is 1.55. The molecule has 140 valence electrons. The number of halogens is 1. The van der Waals surface area contributed by atoms with Gasteiger partial charge < -0.3 is 4.90 Å². The highest BCUT2D eigenvalue weighted by molar-refractivity contribution is 5.94. The predicted octanol–water partition coefficient (Wildman–Crippen LogP) is 0.813. The molecule has 2 aliphatic heterocycles. The van der Waals surface area contributed by atoms with E-state index in [-0.39, 0.29) is 22.6 Å². The normalized spacial score (nSPS) is 20.5. The van der Waals surface area contributed by atoms with Crippen LogP contribution in [-0.2, 0) is 0 Å². The highest BCUT2D eigenvalue weighted by Gasteiger charge is 2.45. The molecule has 0 aliphatic carbocycles. The Morgan fingerprint density at radius 1 is 1.50 bits per heavy atom. The number of carbonyl (C=O) groups is 1. The van der Waals surface area contributed by atoms with Crippen molar-refractivity contribution in [2.75, 3.05) is 32.7 Å². The van der Waals surface area contributed by atoms with E-state index in [0.29, 0.717) is 32.1 Å². The van der Waals surface area contributed by atoms with Gasteiger partial charge in [0.05, 0.1) is 17.3 Å². The first-order valence-corrected chi connectivity index (χ1v) is 8.94. The molecule has 1 aromatic heterocycles. The summed E-state index contributed by atoms with van der Waals surface area (Å²) in [5.41, 5.74) is 2.98. The number of nitrogens with one attached hydrogen (secondary N) is 1. The number of carbonyl (C=O) groups excluding carboxylic acids is 1. The van der Waals surface area contributed by atoms with E-state index in [1.165, 1.54) is 12.3 Å². The van der Waals surface area contributed by atoms with E-state index in [2.05, 4.69) is 21.4 Å². The molecule has 0 atom stereocenters. The van der Waals surface area contributed by atoms with E-state index in [9.17, 15) is 9.18 Å². The maximum atomic E-state index is 14.1. The Morgan fingerprint density at radius 3 is 2.81 bits per heavy atom. The first-order valence-electron chi connectivity index (χ1n) is 8.94. The van der Waals surface area contributed by atoms with Gasteiger partial charge in [0.15, 0.2) is 5.82 Å². The maximum Gasteiger partial charge on any atom is 0.256 e. The summed E-state index contributed by atoms with van der Waals surface area (Å²) in [4.78, 5) is 20.6. The molecule has 7 nitrogen and oxygen atoms in total. The Bertz CT molecular complexity index is 704. The molecule has 3 rings (SSSR count). The zero-order valence-electron chi connectivity index (χ0n) is 15.0. The minimum Gasteiger partial charge on any atom is -0.338 e. The van der Waals surface area contributed by atoms with Gasteiger partial charge in [-0.15, -0.1) is 0 Å². The van der Waals surface area contributed by atoms with E-state index < -0.39 is 5.82 Å². The van der Waals surface area contributed by atoms with Crippen molar-refractivity contribution in [1.82, 2.24) is 20.2 Å². The highest BCUT2D eigenvalue weighted by Crippen LogP contribution is 2.36. The van der Waals surface area contributed by atoms with Gasteiger partial charge in [-0.25, -0.2) is 4.39 Å². The SMILES string of the molecule is Cc1nccc(C(=O)N2CCC(N3CC(CC#N)(CNN)C3)CC2)c1F. The summed E-state index contributed by atoms with van der Waals surface area (Å²) >= 11 is 0. The molecule has 0 unspecified atom stereocenters. The molecule has 0 aromatic carbocycles. The van der Waals surface area contributed by atoms with E-state index in [1.807, 2.05) is 0 Å². The number of aromatic nitrogens is 1. The average Bonchev–Trinajstić information content (AvgIpc) is 2.61. The second-order valence-electron chi connectivity index (χ2n) is 7.40. The van der Waals surface area contributed by atoms with Crippen molar-refractivity contribution in [1.29, 1.82) is 5.26 Å². The third-order valence-corrected chi connectivity index (χ3v) is 5.57.